The molecule has 1 aromatic heterocycles. The Bertz CT molecular complexity index is 602. The monoisotopic (exact) mass is 259 g/mol. The summed E-state index contributed by atoms with van der Waals surface area (Å²) in [4.78, 5) is 22.5. The Morgan fingerprint density at radius 1 is 1.28 bits per heavy atom. The first-order valence-corrected chi connectivity index (χ1v) is 6.05. The molecule has 0 radical (unpaired) electrons. The van der Waals surface area contributed by atoms with Gasteiger partial charge in [0, 0.05) is 12.1 Å². The first kappa shape index (κ1) is 12.2. The maximum Gasteiger partial charge on any atom is 0.270 e. The number of non-ortho nitro benzene ring substituents is 1. The molecule has 0 spiro atoms. The number of carbonyl (C=O) groups excluding carboxylic acids is 1. The molecule has 5 heteroatoms. The second-order valence-corrected chi connectivity index (χ2v) is 4.47. The summed E-state index contributed by atoms with van der Waals surface area (Å²) in [6, 6.07) is 9.69. The average Bonchev–Trinajstić information content (AvgIpc) is 2.90. The van der Waals surface area contributed by atoms with Crippen molar-refractivity contribution in [3.63, 3.8) is 0 Å². The van der Waals surface area contributed by atoms with Crippen LogP contribution in [-0.2, 0) is 0 Å². The van der Waals surface area contributed by atoms with Crippen molar-refractivity contribution in [3.8, 4) is 0 Å². The molecular weight excluding hydrogens is 250 g/mol. The molecule has 0 unspecified atom stereocenters. The molecule has 0 fully saturated rings. The van der Waals surface area contributed by atoms with Gasteiger partial charge in [-0.05, 0) is 23.1 Å². The van der Waals surface area contributed by atoms with Crippen LogP contribution in [0.2, 0.25) is 0 Å². The lowest BCUT2D eigenvalue weighted by atomic mass is 10.1. The number of ketones is 1. The maximum absolute atomic E-state index is 11.7. The topological polar surface area (TPSA) is 60.2 Å². The van der Waals surface area contributed by atoms with E-state index < -0.39 is 4.92 Å². The number of benzene rings is 1. The zero-order valence-electron chi connectivity index (χ0n) is 9.28. The van der Waals surface area contributed by atoms with E-state index >= 15 is 0 Å². The third-order valence-corrected chi connectivity index (χ3v) is 3.16. The van der Waals surface area contributed by atoms with Crippen LogP contribution in [0.3, 0.4) is 0 Å². The number of hydrogen-bond acceptors (Lipinski definition) is 4. The molecule has 0 N–H and O–H groups in total. The van der Waals surface area contributed by atoms with E-state index in [1.165, 1.54) is 29.5 Å². The molecule has 2 rings (SSSR count). The predicted molar refractivity (Wildman–Crippen MR) is 70.8 cm³/mol. The van der Waals surface area contributed by atoms with Crippen molar-refractivity contribution < 1.29 is 9.72 Å². The van der Waals surface area contributed by atoms with Crippen LogP contribution in [0.25, 0.3) is 6.08 Å². The van der Waals surface area contributed by atoms with E-state index in [1.54, 1.807) is 30.3 Å². The summed E-state index contributed by atoms with van der Waals surface area (Å²) in [6.45, 7) is 0. The minimum absolute atomic E-state index is 0.0146. The van der Waals surface area contributed by atoms with Gasteiger partial charge in [-0.15, -0.1) is 11.3 Å². The summed E-state index contributed by atoms with van der Waals surface area (Å²) in [7, 11) is 0. The molecule has 0 saturated carbocycles. The van der Waals surface area contributed by atoms with Crippen molar-refractivity contribution in [3.05, 3.63) is 68.4 Å². The Hall–Kier alpha value is -2.27. The number of allylic oxidation sites excluding steroid dienone is 1. The van der Waals surface area contributed by atoms with E-state index in [9.17, 15) is 14.9 Å². The summed E-state index contributed by atoms with van der Waals surface area (Å²) in [5.41, 5.74) is 0.648. The molecule has 0 aliphatic heterocycles. The molecular formula is C13H9NO3S. The fourth-order valence-corrected chi connectivity index (χ4v) is 2.06. The van der Waals surface area contributed by atoms with Crippen LogP contribution in [-0.4, -0.2) is 10.7 Å². The molecule has 0 aliphatic rings. The normalized spacial score (nSPS) is 10.7. The molecule has 0 atom stereocenters. The lowest BCUT2D eigenvalue weighted by molar-refractivity contribution is -0.384. The second kappa shape index (κ2) is 5.37. The Labute approximate surface area is 107 Å². The standard InChI is InChI=1S/C13H9NO3S/c15-12(13-5-2-8-18-13)7-6-10-3-1-4-11(9-10)14(16)17/h1-9H. The van der Waals surface area contributed by atoms with Gasteiger partial charge in [0.15, 0.2) is 5.78 Å². The Morgan fingerprint density at radius 3 is 2.78 bits per heavy atom. The van der Waals surface area contributed by atoms with Crippen molar-refractivity contribution in [2.75, 3.05) is 0 Å². The number of rotatable bonds is 4. The number of thiophene rings is 1. The summed E-state index contributed by atoms with van der Waals surface area (Å²) in [5.74, 6) is -0.100. The molecule has 0 amide bonds. The van der Waals surface area contributed by atoms with Crippen molar-refractivity contribution in [1.29, 1.82) is 0 Å². The first-order chi connectivity index (χ1) is 8.66. The quantitative estimate of drug-likeness (QED) is 0.365. The van der Waals surface area contributed by atoms with Crippen LogP contribution >= 0.6 is 11.3 Å². The number of hydrogen-bond donors (Lipinski definition) is 0. The average molecular weight is 259 g/mol. The molecule has 1 aromatic carbocycles. The Kier molecular flexibility index (Phi) is 3.64. The van der Waals surface area contributed by atoms with Crippen molar-refractivity contribution in [1.82, 2.24) is 0 Å². The van der Waals surface area contributed by atoms with Gasteiger partial charge in [0.1, 0.15) is 0 Å². The summed E-state index contributed by atoms with van der Waals surface area (Å²) < 4.78 is 0. The van der Waals surface area contributed by atoms with E-state index in [0.717, 1.165) is 0 Å². The van der Waals surface area contributed by atoms with Gasteiger partial charge in [-0.1, -0.05) is 24.3 Å². The van der Waals surface area contributed by atoms with E-state index in [-0.39, 0.29) is 11.5 Å². The molecule has 0 saturated heterocycles. The number of nitro benzene ring substituents is 1. The van der Waals surface area contributed by atoms with Gasteiger partial charge in [-0.3, -0.25) is 14.9 Å². The molecule has 4 nitrogen and oxygen atoms in total. The Morgan fingerprint density at radius 2 is 2.11 bits per heavy atom. The fraction of sp³-hybridized carbons (Fsp3) is 0. The van der Waals surface area contributed by atoms with E-state index in [1.807, 2.05) is 5.38 Å². The van der Waals surface area contributed by atoms with E-state index in [4.69, 9.17) is 0 Å². The first-order valence-electron chi connectivity index (χ1n) is 5.17. The van der Waals surface area contributed by atoms with Crippen LogP contribution in [0.4, 0.5) is 5.69 Å². The van der Waals surface area contributed by atoms with Crippen molar-refractivity contribution >= 4 is 28.9 Å². The smallest absolute Gasteiger partial charge is 0.270 e. The van der Waals surface area contributed by atoms with Crippen molar-refractivity contribution in [2.45, 2.75) is 0 Å². The molecule has 90 valence electrons. The highest BCUT2D eigenvalue weighted by Gasteiger charge is 2.05. The van der Waals surface area contributed by atoms with Crippen LogP contribution in [0.1, 0.15) is 15.2 Å². The molecule has 0 bridgehead atoms. The number of nitro groups is 1. The summed E-state index contributed by atoms with van der Waals surface area (Å²) in [6.07, 6.45) is 3.00. The van der Waals surface area contributed by atoms with Gasteiger partial charge in [0.05, 0.1) is 9.80 Å². The highest BCUT2D eigenvalue weighted by atomic mass is 32.1. The number of nitrogens with zero attached hydrogens (tertiary/aromatic N) is 1. The van der Waals surface area contributed by atoms with Crippen molar-refractivity contribution in [2.24, 2.45) is 0 Å². The van der Waals surface area contributed by atoms with Crippen LogP contribution in [0.5, 0.6) is 0 Å². The molecule has 18 heavy (non-hydrogen) atoms. The highest BCUT2D eigenvalue weighted by molar-refractivity contribution is 7.12. The number of carbonyl (C=O) groups is 1. The van der Waals surface area contributed by atoms with Gasteiger partial charge in [0.25, 0.3) is 5.69 Å². The zero-order valence-corrected chi connectivity index (χ0v) is 10.1. The highest BCUT2D eigenvalue weighted by Crippen LogP contribution is 2.15. The minimum Gasteiger partial charge on any atom is -0.288 e. The lowest BCUT2D eigenvalue weighted by Gasteiger charge is -1.94. The van der Waals surface area contributed by atoms with Crippen LogP contribution < -0.4 is 0 Å². The van der Waals surface area contributed by atoms with Gasteiger partial charge in [0.2, 0.25) is 0 Å². The largest absolute Gasteiger partial charge is 0.288 e. The minimum atomic E-state index is -0.460. The van der Waals surface area contributed by atoms with Crippen LogP contribution in [0, 0.1) is 10.1 Å². The van der Waals surface area contributed by atoms with Crippen LogP contribution in [0.15, 0.2) is 47.9 Å². The fourth-order valence-electron chi connectivity index (χ4n) is 1.41. The lowest BCUT2D eigenvalue weighted by Crippen LogP contribution is -1.90. The second-order valence-electron chi connectivity index (χ2n) is 3.53. The van der Waals surface area contributed by atoms with Gasteiger partial charge in [-0.2, -0.15) is 0 Å². The summed E-state index contributed by atoms with van der Waals surface area (Å²) >= 11 is 1.37. The van der Waals surface area contributed by atoms with E-state index in [0.29, 0.717) is 10.4 Å². The SMILES string of the molecule is O=C(C=Cc1cccc([N+](=O)[O-])c1)c1cccs1. The summed E-state index contributed by atoms with van der Waals surface area (Å²) in [5, 5.41) is 12.4. The van der Waals surface area contributed by atoms with Gasteiger partial charge < -0.3 is 0 Å². The third-order valence-electron chi connectivity index (χ3n) is 2.27. The third kappa shape index (κ3) is 2.89. The van der Waals surface area contributed by atoms with Gasteiger partial charge >= 0.3 is 0 Å². The predicted octanol–water partition coefficient (Wildman–Crippen LogP) is 3.55. The molecule has 0 aliphatic carbocycles. The molecule has 2 aromatic rings. The van der Waals surface area contributed by atoms with E-state index in [2.05, 4.69) is 0 Å². The zero-order chi connectivity index (χ0) is 13.0. The van der Waals surface area contributed by atoms with Gasteiger partial charge in [-0.25, -0.2) is 0 Å². The Balaban J connectivity index is 2.16. The molecule has 1 heterocycles. The maximum atomic E-state index is 11.7.